The number of piperidine rings is 1. The molecule has 3 heterocycles. The lowest BCUT2D eigenvalue weighted by atomic mass is 9.90. The molecule has 1 fully saturated rings. The van der Waals surface area contributed by atoms with Gasteiger partial charge in [0.05, 0.1) is 16.7 Å². The number of fused-ring (bicyclic) bond motifs is 1. The molecule has 0 atom stereocenters. The Morgan fingerprint density at radius 2 is 2.00 bits per heavy atom. The molecule has 1 aliphatic heterocycles. The summed E-state index contributed by atoms with van der Waals surface area (Å²) in [5.74, 6) is 0.170. The Morgan fingerprint density at radius 3 is 2.77 bits per heavy atom. The fourth-order valence-corrected chi connectivity index (χ4v) is 3.54. The summed E-state index contributed by atoms with van der Waals surface area (Å²) in [5, 5.41) is 12.6. The third-order valence-electron chi connectivity index (χ3n) is 5.10. The molecule has 3 aromatic rings. The topological polar surface area (TPSA) is 81.2 Å². The Bertz CT molecular complexity index is 942. The van der Waals surface area contributed by atoms with Crippen molar-refractivity contribution in [2.45, 2.75) is 18.8 Å². The van der Waals surface area contributed by atoms with E-state index < -0.39 is 0 Å². The lowest BCUT2D eigenvalue weighted by Gasteiger charge is -2.28. The van der Waals surface area contributed by atoms with Gasteiger partial charge in [-0.2, -0.15) is 0 Å². The Balaban J connectivity index is 1.61. The number of pyridine rings is 1. The molecule has 1 saturated heterocycles. The SMILES string of the molecule is CN1CCC(c2c[nH]c3ccc(C(=O)Nc4ccccc4O)nc23)CC1. The van der Waals surface area contributed by atoms with Gasteiger partial charge in [-0.15, -0.1) is 0 Å². The number of carbonyl (C=O) groups excluding carboxylic acids is 1. The average molecular weight is 350 g/mol. The molecule has 4 rings (SSSR count). The van der Waals surface area contributed by atoms with E-state index in [0.717, 1.165) is 37.0 Å². The van der Waals surface area contributed by atoms with Crippen LogP contribution in [0.1, 0.15) is 34.8 Å². The molecule has 2 aromatic heterocycles. The first-order chi connectivity index (χ1) is 12.6. The molecule has 3 N–H and O–H groups in total. The number of phenolic OH excluding ortho intramolecular Hbond substituents is 1. The highest BCUT2D eigenvalue weighted by Gasteiger charge is 2.22. The van der Waals surface area contributed by atoms with E-state index >= 15 is 0 Å². The van der Waals surface area contributed by atoms with Crippen LogP contribution in [0.3, 0.4) is 0 Å². The number of carbonyl (C=O) groups is 1. The summed E-state index contributed by atoms with van der Waals surface area (Å²) in [6, 6.07) is 10.3. The molecule has 0 aliphatic carbocycles. The van der Waals surface area contributed by atoms with Crippen molar-refractivity contribution < 1.29 is 9.90 Å². The molecule has 6 nitrogen and oxygen atoms in total. The highest BCUT2D eigenvalue weighted by Crippen LogP contribution is 2.32. The summed E-state index contributed by atoms with van der Waals surface area (Å²) in [6.07, 6.45) is 4.22. The second-order valence-corrected chi connectivity index (χ2v) is 6.89. The largest absolute Gasteiger partial charge is 0.506 e. The van der Waals surface area contributed by atoms with Gasteiger partial charge in [-0.25, -0.2) is 4.98 Å². The number of anilines is 1. The van der Waals surface area contributed by atoms with Crippen molar-refractivity contribution in [3.63, 3.8) is 0 Å². The second-order valence-electron chi connectivity index (χ2n) is 6.89. The molecule has 0 unspecified atom stereocenters. The van der Waals surface area contributed by atoms with Gasteiger partial charge in [0, 0.05) is 6.20 Å². The number of nitrogens with one attached hydrogen (secondary N) is 2. The standard InChI is InChI=1S/C20H22N4O2/c1-24-10-8-13(9-11-24)14-12-21-16-6-7-17(22-19(14)16)20(26)23-15-4-2-3-5-18(15)25/h2-7,12-13,21,25H,8-11H2,1H3,(H,23,26). The molecule has 1 amide bonds. The maximum Gasteiger partial charge on any atom is 0.274 e. The van der Waals surface area contributed by atoms with Crippen LogP contribution in [0.15, 0.2) is 42.6 Å². The van der Waals surface area contributed by atoms with Gasteiger partial charge in [0.15, 0.2) is 0 Å². The number of aromatic hydroxyl groups is 1. The van der Waals surface area contributed by atoms with E-state index in [2.05, 4.69) is 27.2 Å². The molecule has 1 aliphatic rings. The molecule has 134 valence electrons. The van der Waals surface area contributed by atoms with Crippen molar-refractivity contribution >= 4 is 22.6 Å². The number of hydrogen-bond acceptors (Lipinski definition) is 4. The predicted octanol–water partition coefficient (Wildman–Crippen LogP) is 3.33. The molecule has 1 aromatic carbocycles. The summed E-state index contributed by atoms with van der Waals surface area (Å²) >= 11 is 0. The smallest absolute Gasteiger partial charge is 0.274 e. The van der Waals surface area contributed by atoms with Gasteiger partial charge in [-0.3, -0.25) is 4.79 Å². The Hall–Kier alpha value is -2.86. The van der Waals surface area contributed by atoms with E-state index in [1.54, 1.807) is 24.3 Å². The van der Waals surface area contributed by atoms with Crippen LogP contribution in [0.4, 0.5) is 5.69 Å². The molecule has 0 spiro atoms. The number of benzene rings is 1. The third kappa shape index (κ3) is 3.15. The Kier molecular flexibility index (Phi) is 4.34. The maximum atomic E-state index is 12.6. The first-order valence-corrected chi connectivity index (χ1v) is 8.88. The van der Waals surface area contributed by atoms with Crippen LogP contribution < -0.4 is 5.32 Å². The van der Waals surface area contributed by atoms with Crippen LogP contribution in [0.25, 0.3) is 11.0 Å². The summed E-state index contributed by atoms with van der Waals surface area (Å²) in [6.45, 7) is 2.15. The number of likely N-dealkylation sites (tertiary alicyclic amines) is 1. The van der Waals surface area contributed by atoms with Crippen molar-refractivity contribution in [1.29, 1.82) is 0 Å². The van der Waals surface area contributed by atoms with Crippen molar-refractivity contribution in [3.8, 4) is 5.75 Å². The van der Waals surface area contributed by atoms with Crippen LogP contribution in [-0.2, 0) is 0 Å². The number of rotatable bonds is 3. The number of hydrogen-bond donors (Lipinski definition) is 3. The fraction of sp³-hybridized carbons (Fsp3) is 0.300. The van der Waals surface area contributed by atoms with Gasteiger partial charge >= 0.3 is 0 Å². The van der Waals surface area contributed by atoms with Gasteiger partial charge in [0.1, 0.15) is 11.4 Å². The van der Waals surface area contributed by atoms with E-state index in [1.807, 2.05) is 12.3 Å². The van der Waals surface area contributed by atoms with E-state index in [0.29, 0.717) is 17.3 Å². The first-order valence-electron chi connectivity index (χ1n) is 8.88. The van der Waals surface area contributed by atoms with E-state index in [4.69, 9.17) is 0 Å². The summed E-state index contributed by atoms with van der Waals surface area (Å²) < 4.78 is 0. The van der Waals surface area contributed by atoms with E-state index in [1.165, 1.54) is 11.6 Å². The highest BCUT2D eigenvalue weighted by atomic mass is 16.3. The van der Waals surface area contributed by atoms with Crippen molar-refractivity contribution in [1.82, 2.24) is 14.9 Å². The second kappa shape index (κ2) is 6.80. The summed E-state index contributed by atoms with van der Waals surface area (Å²) in [4.78, 5) is 22.8. The maximum absolute atomic E-state index is 12.6. The Morgan fingerprint density at radius 1 is 1.23 bits per heavy atom. The van der Waals surface area contributed by atoms with E-state index in [9.17, 15) is 9.90 Å². The number of amides is 1. The number of para-hydroxylation sites is 2. The first kappa shape index (κ1) is 16.6. The normalized spacial score (nSPS) is 16.0. The van der Waals surface area contributed by atoms with Gasteiger partial charge in [0.2, 0.25) is 0 Å². The lowest BCUT2D eigenvalue weighted by molar-refractivity contribution is 0.102. The zero-order valence-electron chi connectivity index (χ0n) is 14.7. The van der Waals surface area contributed by atoms with E-state index in [-0.39, 0.29) is 11.7 Å². The Labute approximate surface area is 151 Å². The third-order valence-corrected chi connectivity index (χ3v) is 5.10. The summed E-state index contributed by atoms with van der Waals surface area (Å²) in [7, 11) is 2.14. The lowest BCUT2D eigenvalue weighted by Crippen LogP contribution is -2.29. The van der Waals surface area contributed by atoms with Crippen LogP contribution in [0, 0.1) is 0 Å². The van der Waals surface area contributed by atoms with Gasteiger partial charge in [0.25, 0.3) is 5.91 Å². The molecular weight excluding hydrogens is 328 g/mol. The number of nitrogens with zero attached hydrogens (tertiary/aromatic N) is 2. The molecule has 0 bridgehead atoms. The fourth-order valence-electron chi connectivity index (χ4n) is 3.54. The molecule has 26 heavy (non-hydrogen) atoms. The molecular formula is C20H22N4O2. The highest BCUT2D eigenvalue weighted by molar-refractivity contribution is 6.04. The zero-order chi connectivity index (χ0) is 18.1. The molecule has 0 radical (unpaired) electrons. The van der Waals surface area contributed by atoms with Crippen LogP contribution >= 0.6 is 0 Å². The number of phenols is 1. The average Bonchev–Trinajstić information content (AvgIpc) is 3.07. The quantitative estimate of drug-likeness (QED) is 0.633. The number of aromatic nitrogens is 2. The monoisotopic (exact) mass is 350 g/mol. The van der Waals surface area contributed by atoms with Crippen LogP contribution in [-0.4, -0.2) is 46.0 Å². The minimum Gasteiger partial charge on any atom is -0.506 e. The van der Waals surface area contributed by atoms with Crippen molar-refractivity contribution in [3.05, 3.63) is 53.9 Å². The minimum atomic E-state index is -0.330. The van der Waals surface area contributed by atoms with Gasteiger partial charge in [-0.1, -0.05) is 12.1 Å². The number of aromatic amines is 1. The zero-order valence-corrected chi connectivity index (χ0v) is 14.7. The van der Waals surface area contributed by atoms with Gasteiger partial charge < -0.3 is 20.3 Å². The number of H-pyrrole nitrogens is 1. The minimum absolute atomic E-state index is 0.0376. The summed E-state index contributed by atoms with van der Waals surface area (Å²) in [5.41, 5.74) is 3.71. The molecule has 0 saturated carbocycles. The van der Waals surface area contributed by atoms with Crippen molar-refractivity contribution in [2.24, 2.45) is 0 Å². The van der Waals surface area contributed by atoms with Gasteiger partial charge in [-0.05, 0) is 68.7 Å². The predicted molar refractivity (Wildman–Crippen MR) is 102 cm³/mol. The van der Waals surface area contributed by atoms with Crippen molar-refractivity contribution in [2.75, 3.05) is 25.5 Å². The van der Waals surface area contributed by atoms with Crippen LogP contribution in [0.5, 0.6) is 5.75 Å². The molecule has 6 heteroatoms. The van der Waals surface area contributed by atoms with Crippen LogP contribution in [0.2, 0.25) is 0 Å².